The standard InChI is InChI=1S/C7H9NOS/c1-2-6-3-5(4-9)7(8)10-6/h3-4H,2,8H2,1H3. The number of anilines is 1. The molecule has 0 radical (unpaired) electrons. The lowest BCUT2D eigenvalue weighted by atomic mass is 10.3. The van der Waals surface area contributed by atoms with Crippen LogP contribution >= 0.6 is 11.3 Å². The van der Waals surface area contributed by atoms with E-state index < -0.39 is 0 Å². The highest BCUT2D eigenvalue weighted by Crippen LogP contribution is 2.23. The molecule has 0 atom stereocenters. The van der Waals surface area contributed by atoms with Crippen LogP contribution in [0.15, 0.2) is 6.07 Å². The van der Waals surface area contributed by atoms with E-state index in [9.17, 15) is 4.79 Å². The number of rotatable bonds is 2. The summed E-state index contributed by atoms with van der Waals surface area (Å²) in [5.74, 6) is 0. The van der Waals surface area contributed by atoms with Gasteiger partial charge in [-0.3, -0.25) is 4.79 Å². The van der Waals surface area contributed by atoms with Crippen molar-refractivity contribution in [1.29, 1.82) is 0 Å². The second kappa shape index (κ2) is 2.84. The fourth-order valence-corrected chi connectivity index (χ4v) is 1.58. The first kappa shape index (κ1) is 7.28. The lowest BCUT2D eigenvalue weighted by molar-refractivity contribution is 0.112. The van der Waals surface area contributed by atoms with Gasteiger partial charge in [0.15, 0.2) is 6.29 Å². The number of nitrogens with two attached hydrogens (primary N) is 1. The summed E-state index contributed by atoms with van der Waals surface area (Å²) in [6.45, 7) is 2.04. The van der Waals surface area contributed by atoms with Crippen molar-refractivity contribution in [1.82, 2.24) is 0 Å². The molecule has 0 saturated heterocycles. The van der Waals surface area contributed by atoms with E-state index in [-0.39, 0.29) is 0 Å². The molecule has 0 spiro atoms. The van der Waals surface area contributed by atoms with E-state index in [1.807, 2.05) is 13.0 Å². The molecule has 0 aromatic carbocycles. The van der Waals surface area contributed by atoms with E-state index in [0.29, 0.717) is 10.6 Å². The minimum Gasteiger partial charge on any atom is -0.390 e. The zero-order chi connectivity index (χ0) is 7.56. The molecule has 54 valence electrons. The van der Waals surface area contributed by atoms with Crippen LogP contribution in [0, 0.1) is 0 Å². The van der Waals surface area contributed by atoms with Gasteiger partial charge in [-0.2, -0.15) is 0 Å². The number of aldehydes is 1. The van der Waals surface area contributed by atoms with Crippen LogP contribution < -0.4 is 5.73 Å². The maximum Gasteiger partial charge on any atom is 0.153 e. The summed E-state index contributed by atoms with van der Waals surface area (Å²) in [7, 11) is 0. The van der Waals surface area contributed by atoms with E-state index >= 15 is 0 Å². The van der Waals surface area contributed by atoms with Crippen LogP contribution in [0.2, 0.25) is 0 Å². The van der Waals surface area contributed by atoms with Crippen molar-refractivity contribution in [3.05, 3.63) is 16.5 Å². The zero-order valence-corrected chi connectivity index (χ0v) is 6.57. The second-order valence-electron chi connectivity index (χ2n) is 2.00. The summed E-state index contributed by atoms with van der Waals surface area (Å²) in [6.07, 6.45) is 1.74. The summed E-state index contributed by atoms with van der Waals surface area (Å²) in [4.78, 5) is 11.4. The summed E-state index contributed by atoms with van der Waals surface area (Å²) in [5.41, 5.74) is 6.14. The van der Waals surface area contributed by atoms with Crippen LogP contribution in [0.1, 0.15) is 22.2 Å². The van der Waals surface area contributed by atoms with Gasteiger partial charge >= 0.3 is 0 Å². The molecule has 0 bridgehead atoms. The van der Waals surface area contributed by atoms with E-state index in [1.54, 1.807) is 0 Å². The monoisotopic (exact) mass is 155 g/mol. The van der Waals surface area contributed by atoms with E-state index in [4.69, 9.17) is 5.73 Å². The Bertz CT molecular complexity index is 242. The highest BCUT2D eigenvalue weighted by molar-refractivity contribution is 7.16. The van der Waals surface area contributed by atoms with Crippen molar-refractivity contribution < 1.29 is 4.79 Å². The molecule has 2 nitrogen and oxygen atoms in total. The Hall–Kier alpha value is -0.830. The average molecular weight is 155 g/mol. The number of nitrogen functional groups attached to an aromatic ring is 1. The fraction of sp³-hybridized carbons (Fsp3) is 0.286. The van der Waals surface area contributed by atoms with Crippen molar-refractivity contribution in [2.24, 2.45) is 0 Å². The Morgan fingerprint density at radius 1 is 1.80 bits per heavy atom. The smallest absolute Gasteiger partial charge is 0.153 e. The quantitative estimate of drug-likeness (QED) is 0.660. The SMILES string of the molecule is CCc1cc(C=O)c(N)s1. The Morgan fingerprint density at radius 2 is 2.50 bits per heavy atom. The van der Waals surface area contributed by atoms with Crippen LogP contribution in [0.5, 0.6) is 0 Å². The van der Waals surface area contributed by atoms with E-state index in [1.165, 1.54) is 16.2 Å². The third kappa shape index (κ3) is 1.19. The van der Waals surface area contributed by atoms with Gasteiger partial charge in [-0.1, -0.05) is 6.92 Å². The topological polar surface area (TPSA) is 43.1 Å². The first-order chi connectivity index (χ1) is 4.77. The largest absolute Gasteiger partial charge is 0.390 e. The van der Waals surface area contributed by atoms with Gasteiger partial charge in [-0.25, -0.2) is 0 Å². The van der Waals surface area contributed by atoms with Gasteiger partial charge in [-0.15, -0.1) is 11.3 Å². The molecule has 1 rings (SSSR count). The Morgan fingerprint density at radius 3 is 2.80 bits per heavy atom. The number of carbonyl (C=O) groups excluding carboxylic acids is 1. The molecule has 0 saturated carbocycles. The van der Waals surface area contributed by atoms with Crippen molar-refractivity contribution in [3.63, 3.8) is 0 Å². The molecular weight excluding hydrogens is 146 g/mol. The molecule has 1 aromatic heterocycles. The Balaban J connectivity index is 3.03. The summed E-state index contributed by atoms with van der Waals surface area (Å²) in [5, 5.41) is 0.631. The minimum absolute atomic E-state index is 0.627. The Kier molecular flexibility index (Phi) is 2.06. The van der Waals surface area contributed by atoms with E-state index in [2.05, 4.69) is 0 Å². The van der Waals surface area contributed by atoms with Crippen LogP contribution in [0.3, 0.4) is 0 Å². The average Bonchev–Trinajstić information content (AvgIpc) is 2.30. The molecule has 2 N–H and O–H groups in total. The molecule has 0 aliphatic carbocycles. The summed E-state index contributed by atoms with van der Waals surface area (Å²) >= 11 is 1.49. The molecule has 1 heterocycles. The van der Waals surface area contributed by atoms with Gasteiger partial charge in [0.25, 0.3) is 0 Å². The van der Waals surface area contributed by atoms with E-state index in [0.717, 1.165) is 12.7 Å². The fourth-order valence-electron chi connectivity index (χ4n) is 0.741. The Labute approximate surface area is 63.7 Å². The maximum atomic E-state index is 10.3. The number of aryl methyl sites for hydroxylation is 1. The third-order valence-corrected chi connectivity index (χ3v) is 2.44. The molecule has 0 unspecified atom stereocenters. The van der Waals surface area contributed by atoms with Crippen molar-refractivity contribution in [2.75, 3.05) is 5.73 Å². The first-order valence-electron chi connectivity index (χ1n) is 3.11. The lowest BCUT2D eigenvalue weighted by Gasteiger charge is -1.81. The number of carbonyl (C=O) groups is 1. The maximum absolute atomic E-state index is 10.3. The van der Waals surface area contributed by atoms with Gasteiger partial charge in [0.05, 0.1) is 5.00 Å². The molecule has 0 fully saturated rings. The van der Waals surface area contributed by atoms with Gasteiger partial charge < -0.3 is 5.73 Å². The molecule has 10 heavy (non-hydrogen) atoms. The van der Waals surface area contributed by atoms with Gasteiger partial charge in [-0.05, 0) is 12.5 Å². The molecule has 0 amide bonds. The number of hydrogen-bond acceptors (Lipinski definition) is 3. The zero-order valence-electron chi connectivity index (χ0n) is 5.76. The molecule has 1 aromatic rings. The minimum atomic E-state index is 0.627. The summed E-state index contributed by atoms with van der Waals surface area (Å²) in [6, 6.07) is 1.84. The highest BCUT2D eigenvalue weighted by atomic mass is 32.1. The van der Waals surface area contributed by atoms with Crippen molar-refractivity contribution in [3.8, 4) is 0 Å². The normalized spacial score (nSPS) is 9.70. The predicted molar refractivity (Wildman–Crippen MR) is 43.5 cm³/mol. The number of hydrogen-bond donors (Lipinski definition) is 1. The van der Waals surface area contributed by atoms with Gasteiger partial charge in [0, 0.05) is 10.4 Å². The van der Waals surface area contributed by atoms with Gasteiger partial charge in [0.1, 0.15) is 0 Å². The second-order valence-corrected chi connectivity index (χ2v) is 3.17. The molecule has 0 aliphatic rings. The van der Waals surface area contributed by atoms with Crippen molar-refractivity contribution >= 4 is 22.6 Å². The highest BCUT2D eigenvalue weighted by Gasteiger charge is 2.01. The first-order valence-corrected chi connectivity index (χ1v) is 3.93. The van der Waals surface area contributed by atoms with Gasteiger partial charge in [0.2, 0.25) is 0 Å². The van der Waals surface area contributed by atoms with Crippen LogP contribution in [0.25, 0.3) is 0 Å². The molecule has 3 heteroatoms. The predicted octanol–water partition coefficient (Wildman–Crippen LogP) is 1.71. The number of thiophene rings is 1. The van der Waals surface area contributed by atoms with Crippen LogP contribution in [-0.4, -0.2) is 6.29 Å². The molecular formula is C7H9NOS. The third-order valence-electron chi connectivity index (χ3n) is 1.32. The lowest BCUT2D eigenvalue weighted by Crippen LogP contribution is -1.83. The summed E-state index contributed by atoms with van der Waals surface area (Å²) < 4.78 is 0. The molecule has 0 aliphatic heterocycles. The van der Waals surface area contributed by atoms with Crippen molar-refractivity contribution in [2.45, 2.75) is 13.3 Å². The van der Waals surface area contributed by atoms with Crippen LogP contribution in [0.4, 0.5) is 5.00 Å². The van der Waals surface area contributed by atoms with Crippen LogP contribution in [-0.2, 0) is 6.42 Å².